The van der Waals surface area contributed by atoms with E-state index >= 15 is 0 Å². The summed E-state index contributed by atoms with van der Waals surface area (Å²) in [7, 11) is 0. The van der Waals surface area contributed by atoms with Crippen LogP contribution in [-0.2, 0) is 0 Å². The van der Waals surface area contributed by atoms with E-state index in [2.05, 4.69) is 16.9 Å². The van der Waals surface area contributed by atoms with Crippen molar-refractivity contribution in [3.8, 4) is 0 Å². The molecule has 0 radical (unpaired) electrons. The van der Waals surface area contributed by atoms with Gasteiger partial charge in [0.25, 0.3) is 0 Å². The third kappa shape index (κ3) is 4.74. The first-order valence-corrected chi connectivity index (χ1v) is 2.68. The van der Waals surface area contributed by atoms with E-state index in [1.807, 2.05) is 0 Å². The second-order valence-electron chi connectivity index (χ2n) is 1.36. The summed E-state index contributed by atoms with van der Waals surface area (Å²) in [5.74, 6) is 0. The minimum absolute atomic E-state index is 0.322. The highest BCUT2D eigenvalue weighted by molar-refractivity contribution is 5.82. The zero-order valence-corrected chi connectivity index (χ0v) is 5.42. The Morgan fingerprint density at radius 3 is 3.00 bits per heavy atom. The van der Waals surface area contributed by atoms with Gasteiger partial charge in [-0.05, 0) is 6.92 Å². The van der Waals surface area contributed by atoms with E-state index in [0.29, 0.717) is 6.54 Å². The molecule has 0 fully saturated rings. The number of urea groups is 1. The SMILES string of the molecule is C=CCNC(=O)N=CC. The molecule has 50 valence electrons. The quantitative estimate of drug-likeness (QED) is 0.434. The summed E-state index contributed by atoms with van der Waals surface area (Å²) in [6.07, 6.45) is 3.04. The molecule has 0 aromatic carbocycles. The van der Waals surface area contributed by atoms with E-state index in [1.54, 1.807) is 13.0 Å². The van der Waals surface area contributed by atoms with E-state index in [9.17, 15) is 4.79 Å². The van der Waals surface area contributed by atoms with Gasteiger partial charge in [-0.1, -0.05) is 6.08 Å². The second kappa shape index (κ2) is 5.03. The van der Waals surface area contributed by atoms with E-state index in [-0.39, 0.29) is 6.03 Å². The lowest BCUT2D eigenvalue weighted by Crippen LogP contribution is -2.18. The van der Waals surface area contributed by atoms with Crippen LogP contribution in [0.5, 0.6) is 0 Å². The zero-order valence-electron chi connectivity index (χ0n) is 5.42. The van der Waals surface area contributed by atoms with Crippen molar-refractivity contribution in [2.45, 2.75) is 6.92 Å². The average Bonchev–Trinajstić information content (AvgIpc) is 1.85. The fourth-order valence-corrected chi connectivity index (χ4v) is 0.322. The monoisotopic (exact) mass is 126 g/mol. The van der Waals surface area contributed by atoms with Crippen molar-refractivity contribution in [3.63, 3.8) is 0 Å². The molecule has 0 heterocycles. The number of aliphatic imine (C=N–C) groups is 1. The molecule has 0 saturated carbocycles. The van der Waals surface area contributed by atoms with Crippen molar-refractivity contribution in [1.82, 2.24) is 5.32 Å². The molecule has 3 nitrogen and oxygen atoms in total. The van der Waals surface area contributed by atoms with Crippen LogP contribution in [0.2, 0.25) is 0 Å². The van der Waals surface area contributed by atoms with Gasteiger partial charge in [-0.2, -0.15) is 0 Å². The maximum Gasteiger partial charge on any atom is 0.340 e. The van der Waals surface area contributed by atoms with Gasteiger partial charge in [0.15, 0.2) is 0 Å². The lowest BCUT2D eigenvalue weighted by molar-refractivity contribution is 0.250. The summed E-state index contributed by atoms with van der Waals surface area (Å²) < 4.78 is 0. The van der Waals surface area contributed by atoms with E-state index < -0.39 is 0 Å². The molecular formula is C6H10N2O. The first-order chi connectivity index (χ1) is 4.31. The maximum atomic E-state index is 10.4. The molecule has 2 amide bonds. The number of nitrogens with zero attached hydrogens (tertiary/aromatic N) is 1. The lowest BCUT2D eigenvalue weighted by atomic mass is 10.6. The summed E-state index contributed by atoms with van der Waals surface area (Å²) in [5.41, 5.74) is 0. The number of hydrogen-bond donors (Lipinski definition) is 1. The lowest BCUT2D eigenvalue weighted by Gasteiger charge is -1.91. The molecule has 0 saturated heterocycles. The van der Waals surface area contributed by atoms with Gasteiger partial charge in [-0.25, -0.2) is 9.79 Å². The number of rotatable bonds is 2. The van der Waals surface area contributed by atoms with Gasteiger partial charge in [-0.15, -0.1) is 6.58 Å². The Bertz CT molecular complexity index is 129. The van der Waals surface area contributed by atoms with Crippen LogP contribution in [0.25, 0.3) is 0 Å². The van der Waals surface area contributed by atoms with Gasteiger partial charge in [0, 0.05) is 12.8 Å². The Labute approximate surface area is 54.5 Å². The molecule has 0 unspecified atom stereocenters. The predicted octanol–water partition coefficient (Wildman–Crippen LogP) is 0.973. The molecular weight excluding hydrogens is 116 g/mol. The molecule has 9 heavy (non-hydrogen) atoms. The molecule has 0 aliphatic heterocycles. The minimum atomic E-state index is -0.322. The minimum Gasteiger partial charge on any atom is -0.333 e. The van der Waals surface area contributed by atoms with Gasteiger partial charge in [-0.3, -0.25) is 0 Å². The predicted molar refractivity (Wildman–Crippen MR) is 37.8 cm³/mol. The highest BCUT2D eigenvalue weighted by Crippen LogP contribution is 1.70. The van der Waals surface area contributed by atoms with E-state index in [4.69, 9.17) is 0 Å². The topological polar surface area (TPSA) is 41.5 Å². The standard InChI is InChI=1S/C6H10N2O/c1-3-5-8-6(9)7-4-2/h3-4H,1,5H2,2H3,(H,8,9). The molecule has 3 heteroatoms. The third-order valence-electron chi connectivity index (χ3n) is 0.644. The second-order valence-corrected chi connectivity index (χ2v) is 1.36. The van der Waals surface area contributed by atoms with Crippen molar-refractivity contribution >= 4 is 12.2 Å². The fraction of sp³-hybridized carbons (Fsp3) is 0.333. The van der Waals surface area contributed by atoms with Gasteiger partial charge in [0.1, 0.15) is 0 Å². The van der Waals surface area contributed by atoms with Gasteiger partial charge in [0.05, 0.1) is 0 Å². The Morgan fingerprint density at radius 2 is 2.56 bits per heavy atom. The van der Waals surface area contributed by atoms with Crippen LogP contribution in [0, 0.1) is 0 Å². The molecule has 0 rings (SSSR count). The highest BCUT2D eigenvalue weighted by Gasteiger charge is 1.88. The van der Waals surface area contributed by atoms with Crippen LogP contribution in [0.3, 0.4) is 0 Å². The molecule has 0 aliphatic carbocycles. The molecule has 0 aliphatic rings. The zero-order chi connectivity index (χ0) is 7.11. The summed E-state index contributed by atoms with van der Waals surface area (Å²) in [6, 6.07) is -0.322. The Hall–Kier alpha value is -1.12. The Kier molecular flexibility index (Phi) is 4.40. The normalized spacial score (nSPS) is 9.44. The third-order valence-corrected chi connectivity index (χ3v) is 0.644. The van der Waals surface area contributed by atoms with Crippen LogP contribution < -0.4 is 5.32 Å². The van der Waals surface area contributed by atoms with E-state index in [1.165, 1.54) is 6.21 Å². The van der Waals surface area contributed by atoms with Gasteiger partial charge in [0.2, 0.25) is 0 Å². The summed E-state index contributed by atoms with van der Waals surface area (Å²) in [5, 5.41) is 2.48. The van der Waals surface area contributed by atoms with Crippen LogP contribution >= 0.6 is 0 Å². The number of amides is 2. The van der Waals surface area contributed by atoms with Crippen molar-refractivity contribution in [1.29, 1.82) is 0 Å². The molecule has 1 N–H and O–H groups in total. The van der Waals surface area contributed by atoms with Crippen LogP contribution in [0.4, 0.5) is 4.79 Å². The van der Waals surface area contributed by atoms with E-state index in [0.717, 1.165) is 0 Å². The smallest absolute Gasteiger partial charge is 0.333 e. The first kappa shape index (κ1) is 7.88. The Morgan fingerprint density at radius 1 is 1.89 bits per heavy atom. The molecule has 0 aromatic heterocycles. The van der Waals surface area contributed by atoms with Crippen LogP contribution in [0.15, 0.2) is 17.6 Å². The molecule has 0 bridgehead atoms. The number of carbonyl (C=O) groups is 1. The summed E-state index contributed by atoms with van der Waals surface area (Å²) in [4.78, 5) is 13.9. The maximum absolute atomic E-state index is 10.4. The van der Waals surface area contributed by atoms with Gasteiger partial charge >= 0.3 is 6.03 Å². The number of hydrogen-bond acceptors (Lipinski definition) is 1. The average molecular weight is 126 g/mol. The summed E-state index contributed by atoms with van der Waals surface area (Å²) >= 11 is 0. The first-order valence-electron chi connectivity index (χ1n) is 2.68. The highest BCUT2D eigenvalue weighted by atomic mass is 16.2. The molecule has 0 aromatic rings. The largest absolute Gasteiger partial charge is 0.340 e. The van der Waals surface area contributed by atoms with Crippen LogP contribution in [-0.4, -0.2) is 18.8 Å². The number of carbonyl (C=O) groups excluding carboxylic acids is 1. The molecule has 0 atom stereocenters. The van der Waals surface area contributed by atoms with Crippen molar-refractivity contribution in [2.24, 2.45) is 4.99 Å². The fourth-order valence-electron chi connectivity index (χ4n) is 0.322. The van der Waals surface area contributed by atoms with Crippen molar-refractivity contribution in [2.75, 3.05) is 6.54 Å². The number of nitrogens with one attached hydrogen (secondary N) is 1. The molecule has 0 spiro atoms. The van der Waals surface area contributed by atoms with Crippen molar-refractivity contribution in [3.05, 3.63) is 12.7 Å². The van der Waals surface area contributed by atoms with Crippen molar-refractivity contribution < 1.29 is 4.79 Å². The Balaban J connectivity index is 3.38. The summed E-state index contributed by atoms with van der Waals surface area (Å²) in [6.45, 7) is 5.58. The van der Waals surface area contributed by atoms with Crippen LogP contribution in [0.1, 0.15) is 6.92 Å². The van der Waals surface area contributed by atoms with Gasteiger partial charge < -0.3 is 5.32 Å².